The fraction of sp³-hybridized carbons (Fsp3) is 0.250. The van der Waals surface area contributed by atoms with Crippen molar-refractivity contribution in [2.45, 2.75) is 33.4 Å². The van der Waals surface area contributed by atoms with Crippen molar-refractivity contribution in [3.63, 3.8) is 0 Å². The van der Waals surface area contributed by atoms with E-state index < -0.39 is 0 Å². The van der Waals surface area contributed by atoms with Gasteiger partial charge < -0.3 is 5.32 Å². The van der Waals surface area contributed by atoms with Crippen LogP contribution >= 0.6 is 11.3 Å². The Morgan fingerprint density at radius 1 is 1.19 bits per heavy atom. The maximum Gasteiger partial charge on any atom is 0.267 e. The highest BCUT2D eigenvalue weighted by Gasteiger charge is 2.15. The number of carbonyl (C=O) groups is 1. The SMILES string of the molecule is Cc1cc([C@@H](C)NC(=O)Cn2nc(-c3ccccc3)ccc2=O)c(C)s1. The van der Waals surface area contributed by atoms with Crippen LogP contribution < -0.4 is 10.9 Å². The summed E-state index contributed by atoms with van der Waals surface area (Å²) in [6.07, 6.45) is 0. The summed E-state index contributed by atoms with van der Waals surface area (Å²) in [7, 11) is 0. The summed E-state index contributed by atoms with van der Waals surface area (Å²) >= 11 is 1.71. The summed E-state index contributed by atoms with van der Waals surface area (Å²) in [6.45, 7) is 5.94. The van der Waals surface area contributed by atoms with Crippen molar-refractivity contribution in [3.05, 3.63) is 74.2 Å². The fourth-order valence-corrected chi connectivity index (χ4v) is 3.93. The predicted molar refractivity (Wildman–Crippen MR) is 104 cm³/mol. The molecule has 1 N–H and O–H groups in total. The Kier molecular flexibility index (Phi) is 5.32. The van der Waals surface area contributed by atoms with E-state index >= 15 is 0 Å². The standard InChI is InChI=1S/C20H21N3O2S/c1-13-11-17(15(3)26-13)14(2)21-19(24)12-23-20(25)10-9-18(22-23)16-7-5-4-6-8-16/h4-11,14H,12H2,1-3H3,(H,21,24)/t14-/m1/s1. The number of hydrogen-bond acceptors (Lipinski definition) is 4. The van der Waals surface area contributed by atoms with Gasteiger partial charge >= 0.3 is 0 Å². The summed E-state index contributed by atoms with van der Waals surface area (Å²) in [4.78, 5) is 26.9. The molecule has 2 aromatic heterocycles. The molecule has 1 aromatic carbocycles. The van der Waals surface area contributed by atoms with Crippen LogP contribution in [0, 0.1) is 13.8 Å². The third-order valence-electron chi connectivity index (χ3n) is 4.15. The Morgan fingerprint density at radius 2 is 1.92 bits per heavy atom. The zero-order valence-corrected chi connectivity index (χ0v) is 15.8. The minimum Gasteiger partial charge on any atom is -0.348 e. The smallest absolute Gasteiger partial charge is 0.267 e. The Labute approximate surface area is 156 Å². The second kappa shape index (κ2) is 7.66. The highest BCUT2D eigenvalue weighted by atomic mass is 32.1. The predicted octanol–water partition coefficient (Wildman–Crippen LogP) is 3.47. The number of thiophene rings is 1. The van der Waals surface area contributed by atoms with Crippen molar-refractivity contribution in [2.75, 3.05) is 0 Å². The molecule has 0 spiro atoms. The van der Waals surface area contributed by atoms with Crippen molar-refractivity contribution in [1.82, 2.24) is 15.1 Å². The molecule has 0 aliphatic carbocycles. The van der Waals surface area contributed by atoms with Crippen molar-refractivity contribution < 1.29 is 4.79 Å². The van der Waals surface area contributed by atoms with Gasteiger partial charge in [0.15, 0.2) is 0 Å². The maximum absolute atomic E-state index is 12.4. The minimum absolute atomic E-state index is 0.105. The fourth-order valence-electron chi connectivity index (χ4n) is 2.91. The van der Waals surface area contributed by atoms with Crippen LogP contribution in [0.25, 0.3) is 11.3 Å². The lowest BCUT2D eigenvalue weighted by molar-refractivity contribution is -0.122. The molecular weight excluding hydrogens is 346 g/mol. The molecule has 0 fully saturated rings. The van der Waals surface area contributed by atoms with Crippen LogP contribution in [0.2, 0.25) is 0 Å². The largest absolute Gasteiger partial charge is 0.348 e. The molecule has 0 aliphatic rings. The van der Waals surface area contributed by atoms with Gasteiger partial charge in [-0.2, -0.15) is 5.10 Å². The second-order valence-corrected chi connectivity index (χ2v) is 7.70. The number of carbonyl (C=O) groups excluding carboxylic acids is 1. The average Bonchev–Trinajstić information content (AvgIpc) is 2.96. The average molecular weight is 367 g/mol. The van der Waals surface area contributed by atoms with Gasteiger partial charge in [0.2, 0.25) is 5.91 Å². The van der Waals surface area contributed by atoms with Gasteiger partial charge in [-0.15, -0.1) is 11.3 Å². The topological polar surface area (TPSA) is 64.0 Å². The Morgan fingerprint density at radius 3 is 2.58 bits per heavy atom. The molecule has 0 aliphatic heterocycles. The van der Waals surface area contributed by atoms with Crippen molar-refractivity contribution in [3.8, 4) is 11.3 Å². The van der Waals surface area contributed by atoms with Gasteiger partial charge in [-0.1, -0.05) is 30.3 Å². The van der Waals surface area contributed by atoms with E-state index in [0.29, 0.717) is 5.69 Å². The minimum atomic E-state index is -0.296. The Balaban J connectivity index is 1.75. The van der Waals surface area contributed by atoms with Crippen LogP contribution in [0.4, 0.5) is 0 Å². The zero-order chi connectivity index (χ0) is 18.7. The first kappa shape index (κ1) is 18.1. The molecule has 6 heteroatoms. The molecule has 0 radical (unpaired) electrons. The van der Waals surface area contributed by atoms with E-state index in [-0.39, 0.29) is 24.1 Å². The summed E-state index contributed by atoms with van der Waals surface area (Å²) in [5, 5.41) is 7.28. The first-order valence-corrected chi connectivity index (χ1v) is 9.25. The molecule has 2 heterocycles. The molecule has 5 nitrogen and oxygen atoms in total. The number of nitrogens with zero attached hydrogens (tertiary/aromatic N) is 2. The molecule has 26 heavy (non-hydrogen) atoms. The number of aromatic nitrogens is 2. The quantitative estimate of drug-likeness (QED) is 0.751. The van der Waals surface area contributed by atoms with Crippen LogP contribution in [0.3, 0.4) is 0 Å². The first-order valence-electron chi connectivity index (χ1n) is 8.44. The molecule has 1 amide bonds. The number of rotatable bonds is 5. The van der Waals surface area contributed by atoms with E-state index in [9.17, 15) is 9.59 Å². The van der Waals surface area contributed by atoms with Crippen LogP contribution in [-0.2, 0) is 11.3 Å². The van der Waals surface area contributed by atoms with Gasteiger partial charge in [-0.3, -0.25) is 9.59 Å². The van der Waals surface area contributed by atoms with Gasteiger partial charge in [0.25, 0.3) is 5.56 Å². The Bertz CT molecular complexity index is 976. The van der Waals surface area contributed by atoms with Gasteiger partial charge in [0, 0.05) is 21.4 Å². The summed E-state index contributed by atoms with van der Waals surface area (Å²) in [5.41, 5.74) is 2.38. The highest BCUT2D eigenvalue weighted by molar-refractivity contribution is 7.12. The van der Waals surface area contributed by atoms with E-state index in [1.807, 2.05) is 51.1 Å². The lowest BCUT2D eigenvalue weighted by Crippen LogP contribution is -2.34. The molecule has 0 unspecified atom stereocenters. The maximum atomic E-state index is 12.4. The number of amides is 1. The van der Waals surface area contributed by atoms with Crippen LogP contribution in [-0.4, -0.2) is 15.7 Å². The Hall–Kier alpha value is -2.73. The van der Waals surface area contributed by atoms with E-state index in [0.717, 1.165) is 11.1 Å². The van der Waals surface area contributed by atoms with Gasteiger partial charge in [-0.25, -0.2) is 4.68 Å². The monoisotopic (exact) mass is 367 g/mol. The normalized spacial score (nSPS) is 12.0. The second-order valence-electron chi connectivity index (χ2n) is 6.24. The molecule has 134 valence electrons. The van der Waals surface area contributed by atoms with Gasteiger partial charge in [0.1, 0.15) is 6.54 Å². The molecule has 3 aromatic rings. The first-order chi connectivity index (χ1) is 12.4. The third-order valence-corrected chi connectivity index (χ3v) is 5.13. The summed E-state index contributed by atoms with van der Waals surface area (Å²) < 4.78 is 1.20. The molecule has 3 rings (SSSR count). The molecule has 0 saturated heterocycles. The van der Waals surface area contributed by atoms with Crippen molar-refractivity contribution in [2.24, 2.45) is 0 Å². The van der Waals surface area contributed by atoms with Gasteiger partial charge in [-0.05, 0) is 38.5 Å². The van der Waals surface area contributed by atoms with Crippen molar-refractivity contribution in [1.29, 1.82) is 0 Å². The van der Waals surface area contributed by atoms with E-state index in [2.05, 4.69) is 16.5 Å². The van der Waals surface area contributed by atoms with E-state index in [1.165, 1.54) is 20.5 Å². The van der Waals surface area contributed by atoms with Crippen LogP contribution in [0.1, 0.15) is 28.3 Å². The number of aryl methyl sites for hydroxylation is 2. The lowest BCUT2D eigenvalue weighted by atomic mass is 10.1. The number of nitrogens with one attached hydrogen (secondary N) is 1. The third kappa shape index (κ3) is 4.08. The highest BCUT2D eigenvalue weighted by Crippen LogP contribution is 2.26. The van der Waals surface area contributed by atoms with Crippen LogP contribution in [0.15, 0.2) is 53.3 Å². The number of hydrogen-bond donors (Lipinski definition) is 1. The summed E-state index contributed by atoms with van der Waals surface area (Å²) in [5.74, 6) is -0.236. The molecule has 0 saturated carbocycles. The summed E-state index contributed by atoms with van der Waals surface area (Å²) in [6, 6.07) is 14.7. The van der Waals surface area contributed by atoms with Crippen molar-refractivity contribution >= 4 is 17.2 Å². The zero-order valence-electron chi connectivity index (χ0n) is 15.0. The molecule has 0 bridgehead atoms. The molecule has 1 atom stereocenters. The van der Waals surface area contributed by atoms with E-state index in [4.69, 9.17) is 0 Å². The van der Waals surface area contributed by atoms with E-state index in [1.54, 1.807) is 17.4 Å². The molecular formula is C20H21N3O2S. The number of benzene rings is 1. The van der Waals surface area contributed by atoms with Crippen LogP contribution in [0.5, 0.6) is 0 Å². The van der Waals surface area contributed by atoms with Gasteiger partial charge in [0.05, 0.1) is 11.7 Å². The lowest BCUT2D eigenvalue weighted by Gasteiger charge is -2.14.